The van der Waals surface area contributed by atoms with E-state index in [2.05, 4.69) is 53.6 Å². The molecule has 212 valence electrons. The molecule has 2 heterocycles. The Kier molecular flexibility index (Phi) is 9.88. The number of piperazine rings is 1. The molecule has 3 aromatic rings. The average Bonchev–Trinajstić information content (AvgIpc) is 2.99. The standard InChI is InChI=1S/C31H35ClN4O2.C2H6/c1-31(2)26-11-7-6-8-23(26)21-27(34-31)29(37)33-28(20-22-12-14-24(32)15-13-22)30(38)36-18-16-35(17-19-36)25-9-4-3-5-10-25;1-2/h3-15,27-28,34H,16-21H2,1-2H3,(H,33,37);1-2H3/t27?,28-;/m1./s1. The number of rotatable bonds is 6. The fraction of sp³-hybridized carbons (Fsp3) is 0.394. The number of carbonyl (C=O) groups excluding carboxylic acids is 2. The third kappa shape index (κ3) is 7.04. The number of fused-ring (bicyclic) bond motifs is 1. The highest BCUT2D eigenvalue weighted by molar-refractivity contribution is 6.30. The zero-order chi connectivity index (χ0) is 28.7. The van der Waals surface area contributed by atoms with Gasteiger partial charge in [-0.25, -0.2) is 0 Å². The molecule has 6 nitrogen and oxygen atoms in total. The molecule has 0 spiro atoms. The molecular weight excluding hydrogens is 520 g/mol. The van der Waals surface area contributed by atoms with Crippen LogP contribution in [0, 0.1) is 0 Å². The molecule has 7 heteroatoms. The number of halogens is 1. The minimum Gasteiger partial charge on any atom is -0.368 e. The highest BCUT2D eigenvalue weighted by Crippen LogP contribution is 2.30. The van der Waals surface area contributed by atoms with Gasteiger partial charge in [0, 0.05) is 48.8 Å². The van der Waals surface area contributed by atoms with Crippen molar-refractivity contribution in [3.63, 3.8) is 0 Å². The number of carbonyl (C=O) groups is 2. The molecule has 2 aliphatic rings. The molecular formula is C33H41ClN4O2. The van der Waals surface area contributed by atoms with Gasteiger partial charge in [0.15, 0.2) is 0 Å². The molecule has 40 heavy (non-hydrogen) atoms. The molecule has 1 saturated heterocycles. The molecule has 0 aliphatic carbocycles. The van der Waals surface area contributed by atoms with Gasteiger partial charge in [0.05, 0.1) is 6.04 Å². The largest absolute Gasteiger partial charge is 0.368 e. The zero-order valence-corrected chi connectivity index (χ0v) is 24.7. The van der Waals surface area contributed by atoms with Crippen LogP contribution in [-0.4, -0.2) is 55.0 Å². The minimum atomic E-state index is -0.658. The number of nitrogens with zero attached hydrogens (tertiary/aromatic N) is 2. The van der Waals surface area contributed by atoms with Crippen molar-refractivity contribution in [1.29, 1.82) is 0 Å². The number of benzene rings is 3. The van der Waals surface area contributed by atoms with Gasteiger partial charge >= 0.3 is 0 Å². The maximum atomic E-state index is 13.8. The van der Waals surface area contributed by atoms with Crippen LogP contribution in [0.4, 0.5) is 5.69 Å². The van der Waals surface area contributed by atoms with Crippen molar-refractivity contribution in [3.05, 3.63) is 101 Å². The third-order valence-corrected chi connectivity index (χ3v) is 7.90. The summed E-state index contributed by atoms with van der Waals surface area (Å²) in [7, 11) is 0. The van der Waals surface area contributed by atoms with Crippen molar-refractivity contribution in [3.8, 4) is 0 Å². The summed E-state index contributed by atoms with van der Waals surface area (Å²) in [6.07, 6.45) is 0.996. The number of nitrogens with one attached hydrogen (secondary N) is 2. The molecule has 2 N–H and O–H groups in total. The van der Waals surface area contributed by atoms with E-state index in [1.807, 2.05) is 73.3 Å². The SMILES string of the molecule is CC.CC1(C)NC(C(=O)N[C@H](Cc2ccc(Cl)cc2)C(=O)N2CCN(c3ccccc3)CC2)Cc2ccccc21. The Morgan fingerprint density at radius 2 is 1.55 bits per heavy atom. The van der Waals surface area contributed by atoms with Gasteiger partial charge in [-0.1, -0.05) is 80.0 Å². The fourth-order valence-electron chi connectivity index (χ4n) is 5.62. The summed E-state index contributed by atoms with van der Waals surface area (Å²) in [5.74, 6) is -0.195. The van der Waals surface area contributed by atoms with Crippen LogP contribution in [-0.2, 0) is 28.0 Å². The Hall–Kier alpha value is -3.35. The highest BCUT2D eigenvalue weighted by Gasteiger charge is 2.37. The Bertz CT molecular complexity index is 1270. The Morgan fingerprint density at radius 3 is 2.23 bits per heavy atom. The van der Waals surface area contributed by atoms with E-state index >= 15 is 0 Å². The van der Waals surface area contributed by atoms with Gasteiger partial charge in [-0.2, -0.15) is 0 Å². The Balaban J connectivity index is 0.00000181. The lowest BCUT2D eigenvalue weighted by Crippen LogP contribution is -2.60. The summed E-state index contributed by atoms with van der Waals surface area (Å²) >= 11 is 6.09. The third-order valence-electron chi connectivity index (χ3n) is 7.65. The van der Waals surface area contributed by atoms with E-state index in [9.17, 15) is 9.59 Å². The topological polar surface area (TPSA) is 64.7 Å². The van der Waals surface area contributed by atoms with E-state index < -0.39 is 12.1 Å². The van der Waals surface area contributed by atoms with Crippen molar-refractivity contribution in [2.24, 2.45) is 0 Å². The van der Waals surface area contributed by atoms with Crippen LogP contribution in [0.25, 0.3) is 0 Å². The summed E-state index contributed by atoms with van der Waals surface area (Å²) in [5.41, 5.74) is 4.14. The van der Waals surface area contributed by atoms with Crippen molar-refractivity contribution in [2.75, 3.05) is 31.1 Å². The van der Waals surface area contributed by atoms with Crippen molar-refractivity contribution in [1.82, 2.24) is 15.5 Å². The van der Waals surface area contributed by atoms with E-state index in [-0.39, 0.29) is 17.4 Å². The van der Waals surface area contributed by atoms with Crippen LogP contribution in [0.5, 0.6) is 0 Å². The second-order valence-electron chi connectivity index (χ2n) is 10.7. The van der Waals surface area contributed by atoms with Crippen LogP contribution in [0.1, 0.15) is 44.4 Å². The van der Waals surface area contributed by atoms with E-state index in [1.165, 1.54) is 5.56 Å². The highest BCUT2D eigenvalue weighted by atomic mass is 35.5. The van der Waals surface area contributed by atoms with Gasteiger partial charge in [0.25, 0.3) is 0 Å². The van der Waals surface area contributed by atoms with E-state index in [1.54, 1.807) is 0 Å². The average molecular weight is 561 g/mol. The molecule has 2 amide bonds. The lowest BCUT2D eigenvalue weighted by Gasteiger charge is -2.40. The number of para-hydroxylation sites is 1. The normalized spacial score (nSPS) is 18.6. The van der Waals surface area contributed by atoms with E-state index in [4.69, 9.17) is 11.6 Å². The summed E-state index contributed by atoms with van der Waals surface area (Å²) in [6.45, 7) is 10.9. The molecule has 1 fully saturated rings. The number of amides is 2. The number of hydrogen-bond donors (Lipinski definition) is 2. The van der Waals surface area contributed by atoms with Gasteiger partial charge in [-0.3, -0.25) is 14.9 Å². The molecule has 1 unspecified atom stereocenters. The van der Waals surface area contributed by atoms with Crippen LogP contribution < -0.4 is 15.5 Å². The van der Waals surface area contributed by atoms with E-state index in [0.29, 0.717) is 31.0 Å². The van der Waals surface area contributed by atoms with E-state index in [0.717, 1.165) is 29.9 Å². The first kappa shape index (κ1) is 29.6. The summed E-state index contributed by atoms with van der Waals surface area (Å²) < 4.78 is 0. The molecule has 0 saturated carbocycles. The molecule has 2 atom stereocenters. The van der Waals surface area contributed by atoms with Crippen LogP contribution in [0.15, 0.2) is 78.9 Å². The molecule has 5 rings (SSSR count). The molecule has 2 aliphatic heterocycles. The monoisotopic (exact) mass is 560 g/mol. The number of anilines is 1. The van der Waals surface area contributed by atoms with Gasteiger partial charge in [0.2, 0.25) is 11.8 Å². The first-order valence-corrected chi connectivity index (χ1v) is 14.7. The summed E-state index contributed by atoms with van der Waals surface area (Å²) in [6, 6.07) is 24.9. The number of hydrogen-bond acceptors (Lipinski definition) is 4. The lowest BCUT2D eigenvalue weighted by molar-refractivity contribution is -0.137. The first-order chi connectivity index (χ1) is 19.3. The van der Waals surface area contributed by atoms with Crippen molar-refractivity contribution in [2.45, 2.75) is 58.2 Å². The Labute approximate surface area is 243 Å². The molecule has 0 radical (unpaired) electrons. The maximum Gasteiger partial charge on any atom is 0.245 e. The molecule has 0 bridgehead atoms. The van der Waals surface area contributed by atoms with Crippen molar-refractivity contribution >= 4 is 29.1 Å². The van der Waals surface area contributed by atoms with Gasteiger partial charge < -0.3 is 15.1 Å². The smallest absolute Gasteiger partial charge is 0.245 e. The summed E-state index contributed by atoms with van der Waals surface area (Å²) in [5, 5.41) is 7.27. The second kappa shape index (κ2) is 13.3. The Morgan fingerprint density at radius 1 is 0.925 bits per heavy atom. The lowest BCUT2D eigenvalue weighted by atomic mass is 9.82. The minimum absolute atomic E-state index is 0.0449. The second-order valence-corrected chi connectivity index (χ2v) is 11.2. The van der Waals surface area contributed by atoms with Crippen LogP contribution >= 0.6 is 11.6 Å². The van der Waals surface area contributed by atoms with Crippen LogP contribution in [0.2, 0.25) is 5.02 Å². The summed E-state index contributed by atoms with van der Waals surface area (Å²) in [4.78, 5) is 31.6. The van der Waals surface area contributed by atoms with Crippen molar-refractivity contribution < 1.29 is 9.59 Å². The predicted octanol–water partition coefficient (Wildman–Crippen LogP) is 5.19. The molecule has 3 aromatic carbocycles. The van der Waals surface area contributed by atoms with Gasteiger partial charge in [-0.05, 0) is 61.2 Å². The zero-order valence-electron chi connectivity index (χ0n) is 24.0. The van der Waals surface area contributed by atoms with Gasteiger partial charge in [-0.15, -0.1) is 0 Å². The fourth-order valence-corrected chi connectivity index (χ4v) is 5.75. The van der Waals surface area contributed by atoms with Crippen LogP contribution in [0.3, 0.4) is 0 Å². The predicted molar refractivity (Wildman–Crippen MR) is 164 cm³/mol. The first-order valence-electron chi connectivity index (χ1n) is 14.3. The molecule has 0 aromatic heterocycles. The maximum absolute atomic E-state index is 13.8. The quantitative estimate of drug-likeness (QED) is 0.435. The van der Waals surface area contributed by atoms with Gasteiger partial charge in [0.1, 0.15) is 6.04 Å².